The van der Waals surface area contributed by atoms with Gasteiger partial charge in [0.2, 0.25) is 0 Å². The third kappa shape index (κ3) is 4.75. The van der Waals surface area contributed by atoms with Gasteiger partial charge in [-0.2, -0.15) is 0 Å². The molecule has 1 aromatic rings. The molecule has 0 saturated carbocycles. The highest BCUT2D eigenvalue weighted by Crippen LogP contribution is 2.21. The highest BCUT2D eigenvalue weighted by atomic mass is 32.1. The van der Waals surface area contributed by atoms with Crippen LogP contribution in [-0.4, -0.2) is 18.2 Å². The molecule has 0 radical (unpaired) electrons. The first-order valence-corrected chi connectivity index (χ1v) is 6.44. The molecule has 0 spiro atoms. The van der Waals surface area contributed by atoms with Crippen molar-refractivity contribution in [3.8, 4) is 0 Å². The lowest BCUT2D eigenvalue weighted by atomic mass is 10.2. The van der Waals surface area contributed by atoms with Crippen LogP contribution in [0.15, 0.2) is 11.4 Å². The minimum absolute atomic E-state index is 0.178. The largest absolute Gasteiger partial charge is 0.444 e. The molecule has 5 heteroatoms. The van der Waals surface area contributed by atoms with Crippen molar-refractivity contribution in [3.63, 3.8) is 0 Å². The third-order valence-corrected chi connectivity index (χ3v) is 3.25. The standard InChI is InChI=1S/C12H20N2O2S/c1-8-5-6-17-10(8)9(13)7-14-11(15)16-12(2,3)4/h5-6,9H,7,13H2,1-4H3,(H,14,15). The van der Waals surface area contributed by atoms with E-state index in [1.807, 2.05) is 39.1 Å². The highest BCUT2D eigenvalue weighted by molar-refractivity contribution is 7.10. The Balaban J connectivity index is 2.41. The lowest BCUT2D eigenvalue weighted by Crippen LogP contribution is -2.36. The van der Waals surface area contributed by atoms with Crippen LogP contribution in [0.1, 0.15) is 37.3 Å². The topological polar surface area (TPSA) is 64.3 Å². The van der Waals surface area contributed by atoms with Crippen LogP contribution in [-0.2, 0) is 4.74 Å². The Morgan fingerprint density at radius 1 is 1.59 bits per heavy atom. The molecule has 0 fully saturated rings. The number of hydrogen-bond donors (Lipinski definition) is 2. The summed E-state index contributed by atoms with van der Waals surface area (Å²) in [7, 11) is 0. The quantitative estimate of drug-likeness (QED) is 0.873. The van der Waals surface area contributed by atoms with E-state index >= 15 is 0 Å². The summed E-state index contributed by atoms with van der Waals surface area (Å²) < 4.78 is 5.13. The molecule has 0 aliphatic rings. The van der Waals surface area contributed by atoms with Crippen molar-refractivity contribution in [1.82, 2.24) is 5.32 Å². The Labute approximate surface area is 106 Å². The zero-order valence-electron chi connectivity index (χ0n) is 10.7. The van der Waals surface area contributed by atoms with Gasteiger partial charge in [-0.25, -0.2) is 4.79 Å². The van der Waals surface area contributed by atoms with Gasteiger partial charge < -0.3 is 15.8 Å². The molecule has 1 atom stereocenters. The van der Waals surface area contributed by atoms with Crippen LogP contribution in [0.3, 0.4) is 0 Å². The fraction of sp³-hybridized carbons (Fsp3) is 0.583. The van der Waals surface area contributed by atoms with Gasteiger partial charge in [0, 0.05) is 11.4 Å². The van der Waals surface area contributed by atoms with E-state index in [1.165, 1.54) is 0 Å². The van der Waals surface area contributed by atoms with Crippen LogP contribution < -0.4 is 11.1 Å². The molecule has 1 aromatic heterocycles. The summed E-state index contributed by atoms with van der Waals surface area (Å²) in [5.41, 5.74) is 6.67. The van der Waals surface area contributed by atoms with Gasteiger partial charge in [-0.05, 0) is 44.7 Å². The molecular weight excluding hydrogens is 236 g/mol. The lowest BCUT2D eigenvalue weighted by Gasteiger charge is -2.20. The summed E-state index contributed by atoms with van der Waals surface area (Å²) in [6.45, 7) is 7.89. The average Bonchev–Trinajstić information content (AvgIpc) is 2.58. The van der Waals surface area contributed by atoms with Crippen molar-refractivity contribution in [2.75, 3.05) is 6.54 Å². The first-order chi connectivity index (χ1) is 7.79. The van der Waals surface area contributed by atoms with Gasteiger partial charge in [-0.1, -0.05) is 0 Å². The van der Waals surface area contributed by atoms with E-state index in [9.17, 15) is 4.79 Å². The number of alkyl carbamates (subject to hydrolysis) is 1. The maximum absolute atomic E-state index is 11.4. The summed E-state index contributed by atoms with van der Waals surface area (Å²) in [6.07, 6.45) is -0.429. The second-order valence-corrected chi connectivity index (χ2v) is 5.90. The monoisotopic (exact) mass is 256 g/mol. The molecule has 0 bridgehead atoms. The molecule has 1 amide bonds. The van der Waals surface area contributed by atoms with Crippen LogP contribution >= 0.6 is 11.3 Å². The second kappa shape index (κ2) is 5.51. The van der Waals surface area contributed by atoms with Gasteiger partial charge in [0.15, 0.2) is 0 Å². The number of carbonyl (C=O) groups is 1. The number of nitrogens with two attached hydrogens (primary N) is 1. The van der Waals surface area contributed by atoms with Gasteiger partial charge in [-0.3, -0.25) is 0 Å². The Bertz CT molecular complexity index is 382. The van der Waals surface area contributed by atoms with Crippen LogP contribution in [0.4, 0.5) is 4.79 Å². The summed E-state index contributed by atoms with van der Waals surface area (Å²) in [6, 6.07) is 1.84. The maximum Gasteiger partial charge on any atom is 0.407 e. The van der Waals surface area contributed by atoms with Crippen molar-refractivity contribution >= 4 is 17.4 Å². The van der Waals surface area contributed by atoms with E-state index in [1.54, 1.807) is 11.3 Å². The minimum atomic E-state index is -0.479. The molecule has 0 aliphatic heterocycles. The number of rotatable bonds is 3. The number of aryl methyl sites for hydroxylation is 1. The van der Waals surface area contributed by atoms with Crippen LogP contribution in [0.5, 0.6) is 0 Å². The molecule has 0 saturated heterocycles. The second-order valence-electron chi connectivity index (χ2n) is 4.96. The zero-order valence-corrected chi connectivity index (χ0v) is 11.6. The number of nitrogens with one attached hydrogen (secondary N) is 1. The molecule has 0 aromatic carbocycles. The molecule has 0 aliphatic carbocycles. The first-order valence-electron chi connectivity index (χ1n) is 5.56. The number of ether oxygens (including phenoxy) is 1. The number of amides is 1. The van der Waals surface area contributed by atoms with Crippen molar-refractivity contribution in [2.45, 2.75) is 39.3 Å². The fourth-order valence-electron chi connectivity index (χ4n) is 1.36. The van der Waals surface area contributed by atoms with Gasteiger partial charge >= 0.3 is 6.09 Å². The van der Waals surface area contributed by atoms with E-state index < -0.39 is 11.7 Å². The third-order valence-electron chi connectivity index (χ3n) is 2.10. The Morgan fingerprint density at radius 2 is 2.24 bits per heavy atom. The van der Waals surface area contributed by atoms with Crippen LogP contribution in [0.25, 0.3) is 0 Å². The smallest absolute Gasteiger partial charge is 0.407 e. The Kier molecular flexibility index (Phi) is 4.54. The molecule has 4 nitrogen and oxygen atoms in total. The summed E-state index contributed by atoms with van der Waals surface area (Å²) in [5, 5.41) is 4.67. The van der Waals surface area contributed by atoms with Gasteiger partial charge in [0.05, 0.1) is 6.04 Å². The van der Waals surface area contributed by atoms with Crippen molar-refractivity contribution in [2.24, 2.45) is 5.73 Å². The molecule has 17 heavy (non-hydrogen) atoms. The van der Waals surface area contributed by atoms with E-state index in [0.29, 0.717) is 6.54 Å². The minimum Gasteiger partial charge on any atom is -0.444 e. The molecule has 1 unspecified atom stereocenters. The summed E-state index contributed by atoms with van der Waals surface area (Å²) >= 11 is 1.61. The lowest BCUT2D eigenvalue weighted by molar-refractivity contribution is 0.0524. The number of thiophene rings is 1. The molecule has 1 heterocycles. The highest BCUT2D eigenvalue weighted by Gasteiger charge is 2.17. The predicted octanol–water partition coefficient (Wildman–Crippen LogP) is 2.58. The average molecular weight is 256 g/mol. The van der Waals surface area contributed by atoms with Gasteiger partial charge in [0.1, 0.15) is 5.60 Å². The van der Waals surface area contributed by atoms with E-state index in [2.05, 4.69) is 5.32 Å². The van der Waals surface area contributed by atoms with E-state index in [4.69, 9.17) is 10.5 Å². The normalized spacial score (nSPS) is 13.2. The number of hydrogen-bond acceptors (Lipinski definition) is 4. The molecule has 1 rings (SSSR count). The predicted molar refractivity (Wildman–Crippen MR) is 70.2 cm³/mol. The van der Waals surface area contributed by atoms with E-state index in [0.717, 1.165) is 10.4 Å². The van der Waals surface area contributed by atoms with Crippen LogP contribution in [0, 0.1) is 6.92 Å². The number of carbonyl (C=O) groups excluding carboxylic acids is 1. The molecule has 96 valence electrons. The van der Waals surface area contributed by atoms with E-state index in [-0.39, 0.29) is 6.04 Å². The SMILES string of the molecule is Cc1ccsc1C(N)CNC(=O)OC(C)(C)C. The summed E-state index contributed by atoms with van der Waals surface area (Å²) in [5.74, 6) is 0. The zero-order chi connectivity index (χ0) is 13.1. The van der Waals surface area contributed by atoms with Crippen LogP contribution in [0.2, 0.25) is 0 Å². The fourth-order valence-corrected chi connectivity index (χ4v) is 2.30. The van der Waals surface area contributed by atoms with Crippen molar-refractivity contribution < 1.29 is 9.53 Å². The van der Waals surface area contributed by atoms with Crippen molar-refractivity contribution in [3.05, 3.63) is 21.9 Å². The van der Waals surface area contributed by atoms with Crippen molar-refractivity contribution in [1.29, 1.82) is 0 Å². The van der Waals surface area contributed by atoms with Gasteiger partial charge in [-0.15, -0.1) is 11.3 Å². The maximum atomic E-state index is 11.4. The molecular formula is C12H20N2O2S. The summed E-state index contributed by atoms with van der Waals surface area (Å²) in [4.78, 5) is 12.5. The van der Waals surface area contributed by atoms with Gasteiger partial charge in [0.25, 0.3) is 0 Å². The Morgan fingerprint density at radius 3 is 2.71 bits per heavy atom. The first kappa shape index (κ1) is 14.0. The molecule has 3 N–H and O–H groups in total. The Hall–Kier alpha value is -1.07.